The van der Waals surface area contributed by atoms with E-state index in [4.69, 9.17) is 4.74 Å². The zero-order chi connectivity index (χ0) is 35.7. The van der Waals surface area contributed by atoms with Crippen molar-refractivity contribution in [2.75, 3.05) is 17.7 Å². The van der Waals surface area contributed by atoms with Crippen molar-refractivity contribution in [2.24, 2.45) is 0 Å². The molecule has 3 amide bonds. The van der Waals surface area contributed by atoms with E-state index in [9.17, 15) is 19.2 Å². The maximum absolute atomic E-state index is 14.1. The van der Waals surface area contributed by atoms with Crippen molar-refractivity contribution in [3.8, 4) is 0 Å². The molecule has 1 unspecified atom stereocenters. The predicted octanol–water partition coefficient (Wildman–Crippen LogP) is 8.60. The van der Waals surface area contributed by atoms with E-state index < -0.39 is 23.0 Å². The third-order valence-electron chi connectivity index (χ3n) is 8.40. The number of thioether (sulfide) groups is 1. The van der Waals surface area contributed by atoms with Crippen LogP contribution in [0.15, 0.2) is 120 Å². The van der Waals surface area contributed by atoms with Gasteiger partial charge in [-0.05, 0) is 85.7 Å². The second-order valence-electron chi connectivity index (χ2n) is 12.1. The highest BCUT2D eigenvalue weighted by molar-refractivity contribution is 8.00. The van der Waals surface area contributed by atoms with E-state index in [1.165, 1.54) is 30.2 Å². The molecule has 0 aliphatic heterocycles. The highest BCUT2D eigenvalue weighted by atomic mass is 32.2. The second kappa shape index (κ2) is 16.5. The van der Waals surface area contributed by atoms with Crippen LogP contribution < -0.4 is 16.0 Å². The number of carbonyl (C=O) groups excluding carboxylic acids is 4. The minimum Gasteiger partial charge on any atom is -0.465 e. The van der Waals surface area contributed by atoms with Gasteiger partial charge in [-0.25, -0.2) is 4.79 Å². The zero-order valence-corrected chi connectivity index (χ0v) is 29.9. The number of carbonyl (C=O) groups is 4. The third kappa shape index (κ3) is 8.83. The zero-order valence-electron chi connectivity index (χ0n) is 28.2. The minimum absolute atomic E-state index is 0.0763. The van der Waals surface area contributed by atoms with Crippen LogP contribution in [0.25, 0.3) is 6.08 Å². The number of fused-ring (bicyclic) bond motifs is 1. The van der Waals surface area contributed by atoms with Crippen LogP contribution in [-0.2, 0) is 27.2 Å². The highest BCUT2D eigenvalue weighted by Gasteiger charge is 2.30. The Bertz CT molecular complexity index is 2080. The lowest BCUT2D eigenvalue weighted by Crippen LogP contribution is -2.30. The van der Waals surface area contributed by atoms with E-state index in [1.54, 1.807) is 48.5 Å². The number of hydrogen-bond donors (Lipinski definition) is 3. The number of anilines is 2. The summed E-state index contributed by atoms with van der Waals surface area (Å²) >= 11 is 2.77. The van der Waals surface area contributed by atoms with Crippen molar-refractivity contribution in [1.82, 2.24) is 5.32 Å². The van der Waals surface area contributed by atoms with Crippen LogP contribution >= 0.6 is 23.1 Å². The second-order valence-corrected chi connectivity index (χ2v) is 14.4. The van der Waals surface area contributed by atoms with E-state index in [0.717, 1.165) is 57.7 Å². The summed E-state index contributed by atoms with van der Waals surface area (Å²) in [5, 5.41) is 8.59. The van der Waals surface area contributed by atoms with Gasteiger partial charge in [-0.1, -0.05) is 84.4 Å². The molecule has 1 atom stereocenters. The molecule has 0 bridgehead atoms. The lowest BCUT2D eigenvalue weighted by molar-refractivity contribution is -0.116. The van der Waals surface area contributed by atoms with Crippen LogP contribution in [0.5, 0.6) is 0 Å². The Balaban J connectivity index is 1.24. The van der Waals surface area contributed by atoms with Crippen LogP contribution in [-0.4, -0.2) is 30.8 Å². The van der Waals surface area contributed by atoms with Gasteiger partial charge in [0.1, 0.15) is 15.9 Å². The summed E-state index contributed by atoms with van der Waals surface area (Å²) < 4.78 is 5.12. The number of esters is 1. The molecule has 4 aromatic carbocycles. The van der Waals surface area contributed by atoms with Crippen LogP contribution in [0.1, 0.15) is 65.9 Å². The lowest BCUT2D eigenvalue weighted by Gasteiger charge is -2.18. The number of thiophene rings is 1. The van der Waals surface area contributed by atoms with Gasteiger partial charge in [0.05, 0.1) is 12.7 Å². The Morgan fingerprint density at radius 1 is 0.824 bits per heavy atom. The molecule has 5 aromatic rings. The van der Waals surface area contributed by atoms with Crippen LogP contribution in [0.2, 0.25) is 0 Å². The van der Waals surface area contributed by atoms with Gasteiger partial charge in [-0.2, -0.15) is 0 Å². The summed E-state index contributed by atoms with van der Waals surface area (Å²) in [5.74, 6) is -1.65. The Morgan fingerprint density at radius 3 is 2.25 bits per heavy atom. The fraction of sp³-hybridized carbons (Fsp3) is 0.171. The summed E-state index contributed by atoms with van der Waals surface area (Å²) in [7, 11) is 1.35. The molecule has 0 spiro atoms. The predicted molar refractivity (Wildman–Crippen MR) is 204 cm³/mol. The van der Waals surface area contributed by atoms with Crippen LogP contribution in [0, 0.1) is 6.92 Å². The van der Waals surface area contributed by atoms with Gasteiger partial charge in [-0.15, -0.1) is 23.1 Å². The molecule has 258 valence electrons. The van der Waals surface area contributed by atoms with Crippen molar-refractivity contribution in [1.29, 1.82) is 0 Å². The van der Waals surface area contributed by atoms with Gasteiger partial charge in [-0.3, -0.25) is 14.4 Å². The topological polar surface area (TPSA) is 114 Å². The van der Waals surface area contributed by atoms with E-state index in [0.29, 0.717) is 21.8 Å². The van der Waals surface area contributed by atoms with Gasteiger partial charge in [0.15, 0.2) is 0 Å². The highest BCUT2D eigenvalue weighted by Crippen LogP contribution is 2.41. The minimum atomic E-state index is -0.677. The number of ether oxygens (including phenoxy) is 1. The molecule has 10 heteroatoms. The molecule has 1 aliphatic rings. The summed E-state index contributed by atoms with van der Waals surface area (Å²) in [6, 6.07) is 33.0. The van der Waals surface area contributed by atoms with Crippen molar-refractivity contribution in [2.45, 2.75) is 42.8 Å². The summed E-state index contributed by atoms with van der Waals surface area (Å²) in [5.41, 5.74) is 5.00. The van der Waals surface area contributed by atoms with Gasteiger partial charge in [0, 0.05) is 21.0 Å². The molecule has 0 saturated carbocycles. The first-order chi connectivity index (χ1) is 24.8. The Labute approximate surface area is 305 Å². The molecule has 6 rings (SSSR count). The summed E-state index contributed by atoms with van der Waals surface area (Å²) in [6.07, 6.45) is 5.31. The average molecular weight is 716 g/mol. The maximum Gasteiger partial charge on any atom is 0.341 e. The number of benzene rings is 4. The molecular weight excluding hydrogens is 679 g/mol. The van der Waals surface area contributed by atoms with E-state index >= 15 is 0 Å². The Morgan fingerprint density at radius 2 is 1.53 bits per heavy atom. The molecule has 0 radical (unpaired) electrons. The molecule has 3 N–H and O–H groups in total. The smallest absolute Gasteiger partial charge is 0.341 e. The van der Waals surface area contributed by atoms with Crippen LogP contribution in [0.4, 0.5) is 10.7 Å². The Hall–Kier alpha value is -5.45. The SMILES string of the molecule is COC(=O)c1c(NC(=O)C(Sc2cccc(NC(=O)/C(=C/c3ccc(C)cc3)NC(=O)c3ccccc3)c2)c2ccccc2)sc2c1CCCC2. The van der Waals surface area contributed by atoms with Crippen molar-refractivity contribution < 1.29 is 23.9 Å². The molecule has 1 heterocycles. The first-order valence-electron chi connectivity index (χ1n) is 16.6. The fourth-order valence-corrected chi connectivity index (χ4v) is 8.17. The van der Waals surface area contributed by atoms with Crippen molar-refractivity contribution in [3.05, 3.63) is 153 Å². The molecule has 1 aromatic heterocycles. The number of hydrogen-bond acceptors (Lipinski definition) is 7. The van der Waals surface area contributed by atoms with Gasteiger partial charge < -0.3 is 20.7 Å². The first kappa shape index (κ1) is 35.4. The van der Waals surface area contributed by atoms with Crippen molar-refractivity contribution in [3.63, 3.8) is 0 Å². The van der Waals surface area contributed by atoms with E-state index in [2.05, 4.69) is 16.0 Å². The number of methoxy groups -OCH3 is 1. The van der Waals surface area contributed by atoms with Crippen LogP contribution in [0.3, 0.4) is 0 Å². The Kier molecular flexibility index (Phi) is 11.4. The van der Waals surface area contributed by atoms with Gasteiger partial charge in [0.2, 0.25) is 5.91 Å². The number of amides is 3. The lowest BCUT2D eigenvalue weighted by atomic mass is 9.95. The van der Waals surface area contributed by atoms with Crippen molar-refractivity contribution >= 4 is 63.6 Å². The largest absolute Gasteiger partial charge is 0.465 e. The molecule has 1 aliphatic carbocycles. The third-order valence-corrected chi connectivity index (χ3v) is 10.9. The first-order valence-corrected chi connectivity index (χ1v) is 18.3. The fourth-order valence-electron chi connectivity index (χ4n) is 5.80. The van der Waals surface area contributed by atoms with Gasteiger partial charge in [0.25, 0.3) is 11.8 Å². The quantitative estimate of drug-likeness (QED) is 0.0717. The van der Waals surface area contributed by atoms with Gasteiger partial charge >= 0.3 is 5.97 Å². The molecule has 8 nitrogen and oxygen atoms in total. The molecule has 0 fully saturated rings. The molecule has 0 saturated heterocycles. The normalized spacial score (nSPS) is 13.0. The monoisotopic (exact) mass is 715 g/mol. The number of aryl methyl sites for hydroxylation is 2. The molecular formula is C41H37N3O5S2. The molecule has 51 heavy (non-hydrogen) atoms. The summed E-state index contributed by atoms with van der Waals surface area (Å²) in [4.78, 5) is 55.6. The standard InChI is InChI=1S/C41H37N3O5S2/c1-26-20-22-27(23-21-26)24-33(43-37(45)29-14-7-4-8-15-29)38(46)42-30-16-11-17-31(25-30)50-36(28-12-5-3-6-13-28)39(47)44-40-35(41(48)49-2)32-18-9-10-19-34(32)51-40/h3-8,11-17,20-25,36H,9-10,18-19H2,1-2H3,(H,42,46)(H,43,45)(H,44,47)/b33-24-. The number of rotatable bonds is 11. The average Bonchev–Trinajstić information content (AvgIpc) is 3.52. The number of nitrogens with one attached hydrogen (secondary N) is 3. The maximum atomic E-state index is 14.1. The van der Waals surface area contributed by atoms with E-state index in [1.807, 2.05) is 73.7 Å². The van der Waals surface area contributed by atoms with E-state index in [-0.39, 0.29) is 11.6 Å². The summed E-state index contributed by atoms with van der Waals surface area (Å²) in [6.45, 7) is 1.98.